The summed E-state index contributed by atoms with van der Waals surface area (Å²) in [6.07, 6.45) is 1.33. The Bertz CT molecular complexity index is 4670. The predicted octanol–water partition coefficient (Wildman–Crippen LogP) is 0.749. The van der Waals surface area contributed by atoms with Crippen LogP contribution < -0.4 is 14.7 Å². The number of nitrogens with one attached hydrogen (secondary N) is 3. The maximum Gasteiger partial charge on any atom is 0.182 e. The number of anilines is 3. The summed E-state index contributed by atoms with van der Waals surface area (Å²) in [6, 6.07) is 23.6. The molecular weight excluding hydrogens is 1290 g/mol. The summed E-state index contributed by atoms with van der Waals surface area (Å²) in [5, 5.41) is 0. The van der Waals surface area contributed by atoms with Gasteiger partial charge in [-0.05, 0) is 141 Å². The number of para-hydroxylation sites is 3. The number of sulfone groups is 1. The van der Waals surface area contributed by atoms with E-state index >= 15 is 0 Å². The predicted molar refractivity (Wildman–Crippen MR) is 445 cm³/mol. The lowest BCUT2D eigenvalue weighted by Crippen LogP contribution is -2.85. The van der Waals surface area contributed by atoms with E-state index in [1.54, 1.807) is 37.3 Å². The first-order valence-corrected chi connectivity index (χ1v) is 34.8. The molecule has 3 aromatic heterocycles. The van der Waals surface area contributed by atoms with E-state index < -0.39 is 90.9 Å². The number of benzene rings is 3. The van der Waals surface area contributed by atoms with Crippen molar-refractivity contribution in [2.24, 2.45) is 0 Å². The van der Waals surface area contributed by atoms with Crippen molar-refractivity contribution in [3.05, 3.63) is 272 Å². The number of aromatic nitrogens is 6. The van der Waals surface area contributed by atoms with Crippen LogP contribution in [-0.2, 0) is 40.3 Å². The molecule has 27 radical (unpaired) electrons. The van der Waals surface area contributed by atoms with Crippen LogP contribution in [0, 0.1) is 0 Å². The Labute approximate surface area is 630 Å². The van der Waals surface area contributed by atoms with E-state index in [4.69, 9.17) is 101 Å². The lowest BCUT2D eigenvalue weighted by molar-refractivity contribution is 0.589. The molecular formula is C62H47B25N9O3S3. The molecule has 6 heterocycles. The number of hydrogen-bond donors (Lipinski definition) is 3. The second kappa shape index (κ2) is 47.6. The van der Waals surface area contributed by atoms with Crippen LogP contribution in [0.4, 0.5) is 17.1 Å². The highest BCUT2D eigenvalue weighted by molar-refractivity contribution is 8.24. The third kappa shape index (κ3) is 29.1. The number of imidazole rings is 3. The van der Waals surface area contributed by atoms with Gasteiger partial charge in [0.25, 0.3) is 0 Å². The Morgan fingerprint density at radius 2 is 0.833 bits per heavy atom. The number of fused-ring (bicyclic) bond motifs is 3. The van der Waals surface area contributed by atoms with Crippen LogP contribution in [0.15, 0.2) is 270 Å². The first-order chi connectivity index (χ1) is 48.7. The monoisotopic (exact) mass is 1340 g/mol. The maximum absolute atomic E-state index is 12.0. The number of rotatable bonds is 17. The molecule has 0 amide bonds. The molecule has 12 nitrogen and oxygen atoms in total. The number of thioether (sulfide) groups is 1. The normalized spacial score (nSPS) is 11.8. The van der Waals surface area contributed by atoms with Crippen molar-refractivity contribution < 1.29 is 12.6 Å². The summed E-state index contributed by atoms with van der Waals surface area (Å²) in [6.45, 7) is 11.4. The van der Waals surface area contributed by atoms with Crippen molar-refractivity contribution >= 4 is 227 Å². The van der Waals surface area contributed by atoms with Crippen molar-refractivity contribution in [2.45, 2.75) is 41.7 Å². The number of nitrogens with zero attached hydrogens (tertiary/aromatic N) is 6. The summed E-state index contributed by atoms with van der Waals surface area (Å²) < 4.78 is 35.8. The molecule has 0 fully saturated rings. The van der Waals surface area contributed by atoms with E-state index in [9.17, 15) is 12.6 Å². The van der Waals surface area contributed by atoms with E-state index in [-0.39, 0.29) is 13.2 Å². The smallest absolute Gasteiger partial charge is 0.182 e. The van der Waals surface area contributed by atoms with Gasteiger partial charge in [-0.3, -0.25) is 4.21 Å². The quantitative estimate of drug-likeness (QED) is 0.0885. The largest absolute Gasteiger partial charge is 0.364 e. The zero-order chi connectivity index (χ0) is 73.4. The van der Waals surface area contributed by atoms with Gasteiger partial charge in [-0.1, -0.05) is 55.3 Å². The lowest BCUT2D eigenvalue weighted by atomic mass is 8.35. The molecule has 451 valence electrons. The van der Waals surface area contributed by atoms with Crippen LogP contribution in [0.25, 0.3) is 0 Å². The topological polar surface area (TPSA) is 147 Å². The van der Waals surface area contributed by atoms with Crippen molar-refractivity contribution in [3.63, 3.8) is 0 Å². The van der Waals surface area contributed by atoms with Gasteiger partial charge >= 0.3 is 0 Å². The van der Waals surface area contributed by atoms with E-state index in [1.807, 2.05) is 60.6 Å². The number of hydrogen-bond acceptors (Lipinski definition) is 10. The van der Waals surface area contributed by atoms with Crippen LogP contribution in [0.5, 0.6) is 0 Å². The number of aromatic amines is 3. The Balaban J connectivity index is 0.000000272. The molecule has 3 aliphatic rings. The molecule has 3 aliphatic heterocycles. The summed E-state index contributed by atoms with van der Waals surface area (Å²) in [5.74, 6) is 2.02. The van der Waals surface area contributed by atoms with Gasteiger partial charge < -0.3 is 29.7 Å². The Morgan fingerprint density at radius 3 is 1.22 bits per heavy atom. The third-order valence-electron chi connectivity index (χ3n) is 14.8. The van der Waals surface area contributed by atoms with E-state index in [1.165, 1.54) is 23.3 Å². The summed E-state index contributed by atoms with van der Waals surface area (Å²) >= 11 is 1.94. The van der Waals surface area contributed by atoms with Crippen molar-refractivity contribution in [3.8, 4) is 0 Å². The minimum absolute atomic E-state index is 0. The van der Waals surface area contributed by atoms with Crippen LogP contribution in [0.1, 0.15) is 24.5 Å². The molecule has 6 aromatic rings. The van der Waals surface area contributed by atoms with Gasteiger partial charge in [0.15, 0.2) is 9.84 Å². The molecule has 40 heteroatoms. The van der Waals surface area contributed by atoms with Crippen LogP contribution in [-0.4, -0.2) is 257 Å². The highest BCUT2D eigenvalue weighted by Gasteiger charge is 2.48. The Kier molecular flexibility index (Phi) is 40.1. The molecule has 102 heavy (non-hydrogen) atoms. The van der Waals surface area contributed by atoms with Crippen molar-refractivity contribution in [2.75, 3.05) is 51.6 Å². The summed E-state index contributed by atoms with van der Waals surface area (Å²) in [7, 11) is 73.9. The van der Waals surface area contributed by atoms with Gasteiger partial charge in [-0.25, -0.2) is 23.4 Å². The first kappa shape index (κ1) is 85.9. The minimum atomic E-state index is -3.12. The van der Waals surface area contributed by atoms with Gasteiger partial charge in [0.1, 0.15) is 0 Å². The zero-order valence-corrected chi connectivity index (χ0v) is 57.7. The number of H-pyrrole nitrogens is 3. The molecule has 0 bridgehead atoms. The fraction of sp³-hybridized carbons (Fsp3) is 0.161. The summed E-state index contributed by atoms with van der Waals surface area (Å²) in [5.41, 5.74) is 63.3. The van der Waals surface area contributed by atoms with Gasteiger partial charge in [0, 0.05) is 261 Å². The second-order valence-corrected chi connectivity index (χ2v) is 26.4. The van der Waals surface area contributed by atoms with Gasteiger partial charge in [0.2, 0.25) is 0 Å². The molecule has 1 unspecified atom stereocenters. The van der Waals surface area contributed by atoms with Crippen LogP contribution in [0.3, 0.4) is 0 Å². The first-order valence-electron chi connectivity index (χ1n) is 30.8. The SMILES string of the molecule is C.C=C=C=C=C=C=C=C=C=C=C=C=C=C=C=C=C=C=C=C=C=C=C=C=C.O=S1(=O)CCN(Cc2cnc[nH]2)c2ccccc21.O=S1CCN(Cc2cnc[nH]2)c2ccccc21.[B][B]B(B([B])[B])B(B([B])[B])B(B(B([B])[B])B([B])[B])B(B([B])[B])B([B])[B].c1ccc2c(c1)SCCN2Cc1cnc[nH]1. The zero-order valence-electron chi connectivity index (χ0n) is 55.2. The van der Waals surface area contributed by atoms with E-state index in [0.29, 0.717) is 23.7 Å². The van der Waals surface area contributed by atoms with Gasteiger partial charge in [-0.2, -0.15) is 0 Å². The van der Waals surface area contributed by atoms with Gasteiger partial charge in [0.05, 0.1) is 99.1 Å². The van der Waals surface area contributed by atoms with Crippen LogP contribution in [0.2, 0.25) is 0 Å². The molecule has 3 N–H and O–H groups in total. The van der Waals surface area contributed by atoms with E-state index in [2.05, 4.69) is 214 Å². The van der Waals surface area contributed by atoms with Crippen molar-refractivity contribution in [1.82, 2.24) is 29.9 Å². The molecule has 0 saturated heterocycles. The highest BCUT2D eigenvalue weighted by Crippen LogP contribution is 2.35. The molecule has 0 aliphatic carbocycles. The standard InChI is InChI=1S/C25H4.C12H13N3O2S.C12H13N3OS.C12H13N3S.CH4.B25/c1-3-5-7-9-11-13-15-17-19-21-23-25-24-22-20-18-16-14-12-10-8-6-4-2;16-18(17)6-5-15(8-10-7-13-9-14-10)11-3-1-2-4-12(11)18;16-17-6-5-15(8-10-7-13-9-14-10)11-3-1-2-4-12(11)17;1-2-4-12-11(3-1)15(5-6-16-12)8-10-7-13-9-14-10;;1-14-21(15(2)3)24(20(12)13)25(22(16(4)5)17(6)7)23(18(8)9)19(10)11/h1-2H2;1-4,7,9H,5-6,8H2,(H,13,14);1-4,7,9H,5-6,8H2,(H,13,14);1-4,7,9H,5-6,8H2,(H,13,14);1H4;. The maximum atomic E-state index is 12.0. The van der Waals surface area contributed by atoms with Crippen molar-refractivity contribution in [1.29, 1.82) is 0 Å². The average molecular weight is 1330 g/mol. The lowest BCUT2D eigenvalue weighted by Gasteiger charge is -2.47. The van der Waals surface area contributed by atoms with E-state index in [0.717, 1.165) is 59.6 Å². The average Bonchev–Trinajstić information content (AvgIpc) is 0.941. The third-order valence-corrected chi connectivity index (χ3v) is 19.0. The summed E-state index contributed by atoms with van der Waals surface area (Å²) in [4.78, 5) is 30.8. The van der Waals surface area contributed by atoms with Crippen LogP contribution >= 0.6 is 11.8 Å². The Hall–Kier alpha value is -8.56. The molecule has 1 atom stereocenters. The fourth-order valence-corrected chi connectivity index (χ4v) is 14.3. The Morgan fingerprint density at radius 1 is 0.471 bits per heavy atom. The minimum Gasteiger partial charge on any atom is -0.364 e. The molecule has 0 saturated carbocycles. The second-order valence-electron chi connectivity index (χ2n) is 21.6. The molecule has 3 aromatic carbocycles. The highest BCUT2D eigenvalue weighted by atomic mass is 32.2. The van der Waals surface area contributed by atoms with Gasteiger partial charge in [-0.15, -0.1) is 11.8 Å². The molecule has 0 spiro atoms. The fourth-order valence-electron chi connectivity index (χ4n) is 10.5. The molecule has 9 rings (SSSR count).